The predicted molar refractivity (Wildman–Crippen MR) is 206 cm³/mol. The lowest BCUT2D eigenvalue weighted by Gasteiger charge is -2.40. The van der Waals surface area contributed by atoms with Gasteiger partial charge in [0, 0.05) is 49.2 Å². The average molecular weight is 810 g/mol. The highest BCUT2D eigenvalue weighted by atomic mass is 35.5. The molecule has 2 saturated carbocycles. The highest BCUT2D eigenvalue weighted by Gasteiger charge is 2.43. The number of ether oxygens (including phenoxy) is 2. The van der Waals surface area contributed by atoms with Crippen molar-refractivity contribution in [2.24, 2.45) is 11.8 Å². The molecule has 3 fully saturated rings. The molecule has 7 rings (SSSR count). The van der Waals surface area contributed by atoms with Crippen molar-refractivity contribution in [3.05, 3.63) is 105 Å². The summed E-state index contributed by atoms with van der Waals surface area (Å²) in [6, 6.07) is 16.5. The number of amides is 3. The lowest BCUT2D eigenvalue weighted by Crippen LogP contribution is -2.51. The van der Waals surface area contributed by atoms with Crippen molar-refractivity contribution in [3.8, 4) is 17.0 Å². The summed E-state index contributed by atoms with van der Waals surface area (Å²) in [6.07, 6.45) is 3.66. The lowest BCUT2D eigenvalue weighted by molar-refractivity contribution is -0.139. The minimum atomic E-state index is -0.773. The summed E-state index contributed by atoms with van der Waals surface area (Å²) >= 11 is 12.7. The van der Waals surface area contributed by atoms with Crippen LogP contribution in [0.15, 0.2) is 65.2 Å². The highest BCUT2D eigenvalue weighted by molar-refractivity contribution is 6.33. The summed E-state index contributed by atoms with van der Waals surface area (Å²) in [4.78, 5) is 43.9. The Morgan fingerprint density at radius 1 is 0.964 bits per heavy atom. The van der Waals surface area contributed by atoms with E-state index in [0.717, 1.165) is 54.5 Å². The van der Waals surface area contributed by atoms with Crippen molar-refractivity contribution >= 4 is 41.1 Å². The van der Waals surface area contributed by atoms with Gasteiger partial charge in [-0.15, -0.1) is 0 Å². The molecule has 4 aromatic rings. The first-order chi connectivity index (χ1) is 26.7. The molecule has 296 valence electrons. The Balaban J connectivity index is 1.07. The molecule has 1 saturated heterocycles. The zero-order valence-electron chi connectivity index (χ0n) is 31.5. The average Bonchev–Trinajstić information content (AvgIpc) is 4.12. The maximum Gasteiger partial charge on any atom is 0.410 e. The number of halogens is 4. The van der Waals surface area contributed by atoms with Crippen LogP contribution in [-0.4, -0.2) is 57.6 Å². The Kier molecular flexibility index (Phi) is 11.6. The molecule has 0 bridgehead atoms. The van der Waals surface area contributed by atoms with E-state index in [1.165, 1.54) is 6.07 Å². The number of carbonyl (C=O) groups excluding carboxylic acids is 3. The minimum absolute atomic E-state index is 0.0384. The van der Waals surface area contributed by atoms with Crippen molar-refractivity contribution in [2.45, 2.75) is 90.1 Å². The number of likely N-dealkylation sites (tertiary alicyclic amines) is 1. The zero-order chi connectivity index (χ0) is 39.7. The van der Waals surface area contributed by atoms with Crippen molar-refractivity contribution in [2.75, 3.05) is 13.1 Å². The summed E-state index contributed by atoms with van der Waals surface area (Å²) < 4.78 is 45.4. The third-order valence-electron chi connectivity index (χ3n) is 10.3. The minimum Gasteiger partial charge on any atom is -0.486 e. The number of nitrogens with zero attached hydrogens (tertiary/aromatic N) is 3. The van der Waals surface area contributed by atoms with Gasteiger partial charge in [-0.3, -0.25) is 9.59 Å². The summed E-state index contributed by atoms with van der Waals surface area (Å²) in [5.74, 6) is -1.39. The molecule has 3 aliphatic rings. The fourth-order valence-corrected chi connectivity index (χ4v) is 7.46. The van der Waals surface area contributed by atoms with E-state index in [1.54, 1.807) is 17.0 Å². The molecule has 3 amide bonds. The van der Waals surface area contributed by atoms with E-state index in [2.05, 4.69) is 10.5 Å². The van der Waals surface area contributed by atoms with Crippen molar-refractivity contribution in [1.29, 1.82) is 0 Å². The number of aromatic nitrogens is 1. The van der Waals surface area contributed by atoms with Crippen LogP contribution in [0.4, 0.5) is 13.6 Å². The van der Waals surface area contributed by atoms with Crippen molar-refractivity contribution < 1.29 is 37.2 Å². The number of nitrogens with one attached hydrogen (secondary N) is 1. The van der Waals surface area contributed by atoms with E-state index in [9.17, 15) is 23.2 Å². The molecule has 2 aliphatic carbocycles. The number of benzene rings is 3. The van der Waals surface area contributed by atoms with Crippen LogP contribution in [0.1, 0.15) is 81.2 Å². The summed E-state index contributed by atoms with van der Waals surface area (Å²) in [5, 5.41) is 7.00. The topological polar surface area (TPSA) is 114 Å². The lowest BCUT2D eigenvalue weighted by atomic mass is 9.79. The van der Waals surface area contributed by atoms with E-state index in [4.69, 9.17) is 37.2 Å². The molecule has 0 unspecified atom stereocenters. The highest BCUT2D eigenvalue weighted by Crippen LogP contribution is 2.40. The largest absolute Gasteiger partial charge is 0.486 e. The van der Waals surface area contributed by atoms with Crippen LogP contribution in [0.2, 0.25) is 10.0 Å². The van der Waals surface area contributed by atoms with Gasteiger partial charge in [-0.2, -0.15) is 0 Å². The van der Waals surface area contributed by atoms with Crippen LogP contribution in [-0.2, 0) is 34.0 Å². The molecule has 14 heteroatoms. The van der Waals surface area contributed by atoms with Gasteiger partial charge >= 0.3 is 6.09 Å². The van der Waals surface area contributed by atoms with E-state index < -0.39 is 29.2 Å². The molecule has 56 heavy (non-hydrogen) atoms. The van der Waals surface area contributed by atoms with Gasteiger partial charge in [0.1, 0.15) is 35.3 Å². The second-order valence-corrected chi connectivity index (χ2v) is 16.6. The molecule has 10 nitrogen and oxygen atoms in total. The third-order valence-corrected chi connectivity index (χ3v) is 11.0. The number of hydrogen-bond acceptors (Lipinski definition) is 7. The Morgan fingerprint density at radius 2 is 1.70 bits per heavy atom. The van der Waals surface area contributed by atoms with Crippen LogP contribution in [0, 0.1) is 23.5 Å². The van der Waals surface area contributed by atoms with Crippen LogP contribution < -0.4 is 10.1 Å². The molecule has 1 aromatic heterocycles. The fourth-order valence-electron chi connectivity index (χ4n) is 7.03. The molecule has 2 atom stereocenters. The molecule has 3 aromatic carbocycles. The normalized spacial score (nSPS) is 18.4. The van der Waals surface area contributed by atoms with Gasteiger partial charge in [-0.1, -0.05) is 52.6 Å². The third kappa shape index (κ3) is 9.46. The first-order valence-corrected chi connectivity index (χ1v) is 19.7. The number of rotatable bonds is 12. The van der Waals surface area contributed by atoms with Crippen molar-refractivity contribution in [1.82, 2.24) is 20.3 Å². The predicted octanol–water partition coefficient (Wildman–Crippen LogP) is 9.06. The van der Waals surface area contributed by atoms with Gasteiger partial charge in [0.15, 0.2) is 5.76 Å². The van der Waals surface area contributed by atoms with Gasteiger partial charge < -0.3 is 29.1 Å². The maximum atomic E-state index is 14.8. The Morgan fingerprint density at radius 3 is 2.39 bits per heavy atom. The van der Waals surface area contributed by atoms with Gasteiger partial charge in [0.25, 0.3) is 0 Å². The zero-order valence-corrected chi connectivity index (χ0v) is 33.0. The van der Waals surface area contributed by atoms with E-state index in [1.807, 2.05) is 56.0 Å². The summed E-state index contributed by atoms with van der Waals surface area (Å²) in [6.45, 7) is 6.69. The molecule has 1 aliphatic heterocycles. The first-order valence-electron chi connectivity index (χ1n) is 18.9. The molecular weight excluding hydrogens is 765 g/mol. The Hall–Kier alpha value is -4.68. The van der Waals surface area contributed by atoms with Crippen molar-refractivity contribution in [3.63, 3.8) is 0 Å². The van der Waals surface area contributed by atoms with E-state index in [-0.39, 0.29) is 64.9 Å². The molecular formula is C42H44Cl2F2N4O6. The molecule has 0 spiro atoms. The second kappa shape index (κ2) is 16.4. The SMILES string of the molecule is CC(C)(C)OC(=O)N1CC[C@H](c2ccc(OCc3cc(-c4c(F)ccc(F)c4Cl)no3)cc2)[C@@H](C(=O)N(Cc2cc(CNC(=O)C3CC3)ccc2Cl)C2CC2)C1. The van der Waals surface area contributed by atoms with Crippen LogP contribution in [0.3, 0.4) is 0 Å². The maximum absolute atomic E-state index is 14.8. The summed E-state index contributed by atoms with van der Waals surface area (Å²) in [5.41, 5.74) is 1.77. The van der Waals surface area contributed by atoms with E-state index >= 15 is 0 Å². The Bertz CT molecular complexity index is 2100. The summed E-state index contributed by atoms with van der Waals surface area (Å²) in [7, 11) is 0. The number of piperidine rings is 1. The van der Waals surface area contributed by atoms with Crippen LogP contribution in [0.25, 0.3) is 11.3 Å². The van der Waals surface area contributed by atoms with Gasteiger partial charge in [0.05, 0.1) is 16.5 Å². The molecule has 0 radical (unpaired) electrons. The number of carbonyl (C=O) groups is 3. The quantitative estimate of drug-likeness (QED) is 0.142. The molecule has 2 heterocycles. The Labute approximate surface area is 334 Å². The monoisotopic (exact) mass is 808 g/mol. The molecule has 1 N–H and O–H groups in total. The second-order valence-electron chi connectivity index (χ2n) is 15.8. The van der Waals surface area contributed by atoms with Crippen LogP contribution >= 0.6 is 23.2 Å². The van der Waals surface area contributed by atoms with Gasteiger partial charge in [0.2, 0.25) is 11.8 Å². The fraction of sp³-hybridized carbons (Fsp3) is 0.429. The first kappa shape index (κ1) is 39.6. The number of hydrogen-bond donors (Lipinski definition) is 1. The standard InChI is InChI=1S/C42H44Cl2F2N4O6/c1-42(2,3)55-41(53)49-17-16-31(25-7-11-29(12-8-25)54-23-30-19-36(48-56-30)37-34(45)14-15-35(46)38(37)44)32(22-49)40(52)50(28-9-10-28)21-27-18-24(4-13-33(27)43)20-47-39(51)26-5-6-26/h4,7-8,11-15,18-19,26,28,31-32H,5-6,9-10,16-17,20-23H2,1-3H3,(H,47,51)/t31-,32+/m1/s1. The smallest absolute Gasteiger partial charge is 0.410 e. The van der Waals surface area contributed by atoms with Gasteiger partial charge in [-0.05, 0) is 106 Å². The van der Waals surface area contributed by atoms with Crippen LogP contribution in [0.5, 0.6) is 5.75 Å². The van der Waals surface area contributed by atoms with E-state index in [0.29, 0.717) is 36.8 Å². The van der Waals surface area contributed by atoms with Gasteiger partial charge in [-0.25, -0.2) is 13.6 Å².